The first kappa shape index (κ1) is 16.5. The van der Waals surface area contributed by atoms with Crippen molar-refractivity contribution in [2.24, 2.45) is 0 Å². The Morgan fingerprint density at radius 1 is 1.08 bits per heavy atom. The quantitative estimate of drug-likeness (QED) is 0.756. The number of hydrogen-bond acceptors (Lipinski definition) is 3. The van der Waals surface area contributed by atoms with Gasteiger partial charge in [0.05, 0.1) is 17.8 Å². The molecule has 0 saturated heterocycles. The third-order valence-electron chi connectivity index (χ3n) is 4.89. The number of pyridine rings is 1. The molecular weight excluding hydrogens is 324 g/mol. The second-order valence-electron chi connectivity index (χ2n) is 6.77. The lowest BCUT2D eigenvalue weighted by Crippen LogP contribution is -2.16. The maximum atomic E-state index is 12.3. The zero-order valence-electron chi connectivity index (χ0n) is 14.6. The van der Waals surface area contributed by atoms with Gasteiger partial charge in [0.1, 0.15) is 5.82 Å². The van der Waals surface area contributed by atoms with E-state index >= 15 is 0 Å². The van der Waals surface area contributed by atoms with Crippen molar-refractivity contribution in [1.82, 2.24) is 14.8 Å². The smallest absolute Gasteiger partial charge is 0.231 e. The van der Waals surface area contributed by atoms with Gasteiger partial charge in [0.25, 0.3) is 0 Å². The molecule has 1 aliphatic carbocycles. The Hall–Kier alpha value is -2.95. The highest BCUT2D eigenvalue weighted by molar-refractivity contribution is 5.91. The molecule has 0 spiro atoms. The lowest BCUT2D eigenvalue weighted by atomic mass is 10.00. The fourth-order valence-corrected chi connectivity index (χ4v) is 3.51. The maximum Gasteiger partial charge on any atom is 0.231 e. The molecule has 1 amide bonds. The molecule has 1 fully saturated rings. The van der Waals surface area contributed by atoms with Crippen molar-refractivity contribution >= 4 is 11.7 Å². The zero-order chi connectivity index (χ0) is 17.8. The molecule has 1 N–H and O–H groups in total. The van der Waals surface area contributed by atoms with Crippen LogP contribution in [-0.4, -0.2) is 20.7 Å². The van der Waals surface area contributed by atoms with Crippen LogP contribution < -0.4 is 5.32 Å². The summed E-state index contributed by atoms with van der Waals surface area (Å²) in [6, 6.07) is 15.7. The van der Waals surface area contributed by atoms with Crippen LogP contribution in [0.2, 0.25) is 0 Å². The molecule has 0 aliphatic heterocycles. The van der Waals surface area contributed by atoms with Crippen molar-refractivity contribution in [3.8, 4) is 5.69 Å². The van der Waals surface area contributed by atoms with Crippen molar-refractivity contribution in [2.45, 2.75) is 38.0 Å². The molecule has 5 nitrogen and oxygen atoms in total. The molecule has 1 saturated carbocycles. The summed E-state index contributed by atoms with van der Waals surface area (Å²) in [7, 11) is 0. The van der Waals surface area contributed by atoms with Crippen LogP contribution in [0.5, 0.6) is 0 Å². The molecule has 0 atom stereocenters. The average Bonchev–Trinajstić information content (AvgIpc) is 3.35. The van der Waals surface area contributed by atoms with Crippen molar-refractivity contribution in [3.05, 3.63) is 72.2 Å². The molecule has 132 valence electrons. The standard InChI is InChI=1S/C21H22N4O/c26-21(14-18-12-13-25(24-18)19-8-2-1-3-9-19)23-20-11-10-17(15-22-20)16-6-4-5-7-16/h1-3,8-13,15-16H,4-7,14H2,(H,22,23,26). The number of para-hydroxylation sites is 1. The van der Waals surface area contributed by atoms with Crippen LogP contribution in [0.15, 0.2) is 60.9 Å². The number of anilines is 1. The van der Waals surface area contributed by atoms with E-state index in [1.54, 1.807) is 4.68 Å². The normalized spacial score (nSPS) is 14.5. The minimum Gasteiger partial charge on any atom is -0.310 e. The van der Waals surface area contributed by atoms with Gasteiger partial charge >= 0.3 is 0 Å². The van der Waals surface area contributed by atoms with Crippen LogP contribution in [0.4, 0.5) is 5.82 Å². The Bertz CT molecular complexity index is 865. The first-order chi connectivity index (χ1) is 12.8. The first-order valence-electron chi connectivity index (χ1n) is 9.14. The third kappa shape index (κ3) is 3.82. The van der Waals surface area contributed by atoms with E-state index in [-0.39, 0.29) is 12.3 Å². The predicted octanol–water partition coefficient (Wildman–Crippen LogP) is 4.11. The van der Waals surface area contributed by atoms with Gasteiger partial charge in [-0.2, -0.15) is 5.10 Å². The maximum absolute atomic E-state index is 12.3. The fraction of sp³-hybridized carbons (Fsp3) is 0.286. The van der Waals surface area contributed by atoms with Crippen LogP contribution in [-0.2, 0) is 11.2 Å². The molecule has 4 rings (SSSR count). The molecule has 2 aromatic heterocycles. The van der Waals surface area contributed by atoms with Gasteiger partial charge in [-0.3, -0.25) is 4.79 Å². The van der Waals surface area contributed by atoms with E-state index in [4.69, 9.17) is 0 Å². The molecule has 2 heterocycles. The molecule has 26 heavy (non-hydrogen) atoms. The predicted molar refractivity (Wildman–Crippen MR) is 101 cm³/mol. The van der Waals surface area contributed by atoms with Crippen molar-refractivity contribution in [3.63, 3.8) is 0 Å². The van der Waals surface area contributed by atoms with Crippen molar-refractivity contribution < 1.29 is 4.79 Å². The Balaban J connectivity index is 1.36. The van der Waals surface area contributed by atoms with Crippen LogP contribution in [0.3, 0.4) is 0 Å². The topological polar surface area (TPSA) is 59.8 Å². The number of amides is 1. The summed E-state index contributed by atoms with van der Waals surface area (Å²) in [6.07, 6.45) is 9.10. The number of carbonyl (C=O) groups excluding carboxylic acids is 1. The van der Waals surface area contributed by atoms with E-state index in [1.807, 2.05) is 54.9 Å². The molecule has 0 bridgehead atoms. The Morgan fingerprint density at radius 2 is 1.88 bits per heavy atom. The number of hydrogen-bond donors (Lipinski definition) is 1. The van der Waals surface area contributed by atoms with Crippen LogP contribution in [0.1, 0.15) is 42.9 Å². The van der Waals surface area contributed by atoms with Gasteiger partial charge in [-0.25, -0.2) is 9.67 Å². The minimum absolute atomic E-state index is 0.107. The summed E-state index contributed by atoms with van der Waals surface area (Å²) in [5.41, 5.74) is 2.99. The van der Waals surface area contributed by atoms with E-state index in [1.165, 1.54) is 31.2 Å². The summed E-state index contributed by atoms with van der Waals surface area (Å²) in [5, 5.41) is 7.32. The highest BCUT2D eigenvalue weighted by Gasteiger charge is 2.17. The van der Waals surface area contributed by atoms with Gasteiger partial charge in [0, 0.05) is 12.4 Å². The summed E-state index contributed by atoms with van der Waals surface area (Å²) < 4.78 is 1.78. The number of nitrogens with one attached hydrogen (secondary N) is 1. The van der Waals surface area contributed by atoms with Crippen LogP contribution >= 0.6 is 0 Å². The second-order valence-corrected chi connectivity index (χ2v) is 6.77. The van der Waals surface area contributed by atoms with Gasteiger partial charge in [-0.15, -0.1) is 0 Å². The summed E-state index contributed by atoms with van der Waals surface area (Å²) in [4.78, 5) is 16.7. The van der Waals surface area contributed by atoms with E-state index in [0.717, 1.165) is 11.4 Å². The largest absolute Gasteiger partial charge is 0.310 e. The number of nitrogens with zero attached hydrogens (tertiary/aromatic N) is 3. The summed E-state index contributed by atoms with van der Waals surface area (Å²) in [5.74, 6) is 1.12. The number of carbonyl (C=O) groups is 1. The SMILES string of the molecule is O=C(Cc1ccn(-c2ccccc2)n1)Nc1ccc(C2CCCC2)cn1. The zero-order valence-corrected chi connectivity index (χ0v) is 14.6. The lowest BCUT2D eigenvalue weighted by molar-refractivity contribution is -0.115. The molecule has 0 unspecified atom stereocenters. The molecular formula is C21H22N4O. The summed E-state index contributed by atoms with van der Waals surface area (Å²) >= 11 is 0. The molecule has 1 aliphatic rings. The average molecular weight is 346 g/mol. The monoisotopic (exact) mass is 346 g/mol. The highest BCUT2D eigenvalue weighted by Crippen LogP contribution is 2.33. The summed E-state index contributed by atoms with van der Waals surface area (Å²) in [6.45, 7) is 0. The van der Waals surface area contributed by atoms with Gasteiger partial charge in [0.15, 0.2) is 0 Å². The molecule has 1 aromatic carbocycles. The van der Waals surface area contributed by atoms with Crippen molar-refractivity contribution in [2.75, 3.05) is 5.32 Å². The molecule has 3 aromatic rings. The fourth-order valence-electron chi connectivity index (χ4n) is 3.51. The highest BCUT2D eigenvalue weighted by atomic mass is 16.1. The van der Waals surface area contributed by atoms with Gasteiger partial charge < -0.3 is 5.32 Å². The molecule has 0 radical (unpaired) electrons. The second kappa shape index (κ2) is 7.52. The number of rotatable bonds is 5. The number of benzene rings is 1. The van der Waals surface area contributed by atoms with Crippen molar-refractivity contribution in [1.29, 1.82) is 0 Å². The Kier molecular flexibility index (Phi) is 4.78. The van der Waals surface area contributed by atoms with E-state index in [0.29, 0.717) is 11.7 Å². The van der Waals surface area contributed by atoms with Crippen LogP contribution in [0, 0.1) is 0 Å². The van der Waals surface area contributed by atoms with Gasteiger partial charge in [-0.1, -0.05) is 37.1 Å². The van der Waals surface area contributed by atoms with E-state index in [9.17, 15) is 4.79 Å². The van der Waals surface area contributed by atoms with E-state index in [2.05, 4.69) is 21.5 Å². The Labute approximate surface area is 153 Å². The first-order valence-corrected chi connectivity index (χ1v) is 9.14. The number of aromatic nitrogens is 3. The third-order valence-corrected chi connectivity index (χ3v) is 4.89. The van der Waals surface area contributed by atoms with E-state index < -0.39 is 0 Å². The minimum atomic E-state index is -0.107. The van der Waals surface area contributed by atoms with Crippen LogP contribution in [0.25, 0.3) is 5.69 Å². The molecule has 5 heteroatoms. The van der Waals surface area contributed by atoms with Gasteiger partial charge in [-0.05, 0) is 48.6 Å². The Morgan fingerprint density at radius 3 is 2.62 bits per heavy atom. The lowest BCUT2D eigenvalue weighted by Gasteiger charge is -2.10. The van der Waals surface area contributed by atoms with Gasteiger partial charge in [0.2, 0.25) is 5.91 Å².